The van der Waals surface area contributed by atoms with Gasteiger partial charge in [-0.25, -0.2) is 0 Å². The fourth-order valence-electron chi connectivity index (χ4n) is 3.19. The van der Waals surface area contributed by atoms with Gasteiger partial charge in [0.1, 0.15) is 5.41 Å². The summed E-state index contributed by atoms with van der Waals surface area (Å²) in [5.74, 6) is 0.0988. The molecule has 1 aliphatic heterocycles. The highest BCUT2D eigenvalue weighted by Crippen LogP contribution is 2.48. The van der Waals surface area contributed by atoms with Gasteiger partial charge in [0.15, 0.2) is 0 Å². The van der Waals surface area contributed by atoms with E-state index in [0.29, 0.717) is 6.42 Å². The van der Waals surface area contributed by atoms with Gasteiger partial charge in [0.25, 0.3) is 0 Å². The summed E-state index contributed by atoms with van der Waals surface area (Å²) in [5.41, 5.74) is 2.35. The van der Waals surface area contributed by atoms with Crippen molar-refractivity contribution in [3.05, 3.63) is 76.8 Å². The summed E-state index contributed by atoms with van der Waals surface area (Å²) in [6, 6.07) is 16.0. The molecule has 1 aliphatic rings. The first-order chi connectivity index (χ1) is 10.1. The van der Waals surface area contributed by atoms with Gasteiger partial charge in [-0.3, -0.25) is 4.79 Å². The van der Waals surface area contributed by atoms with Gasteiger partial charge in [-0.2, -0.15) is 0 Å². The largest absolute Gasteiger partial charge is 0.314 e. The topological polar surface area (TPSA) is 20.3 Å². The molecule has 1 atom stereocenters. The standard InChI is InChI=1S/C18H16BrNO/c1-3-11-18(13-7-5-4-6-8-13)15-12-14(19)9-10-16(15)20(2)17(18)21/h3-10,12H,1,11H2,2H3. The summed E-state index contributed by atoms with van der Waals surface area (Å²) < 4.78 is 0.980. The number of fused-ring (bicyclic) bond motifs is 1. The van der Waals surface area contributed by atoms with Gasteiger partial charge in [0, 0.05) is 17.2 Å². The predicted molar refractivity (Wildman–Crippen MR) is 89.6 cm³/mol. The zero-order valence-corrected chi connectivity index (χ0v) is 13.4. The highest BCUT2D eigenvalue weighted by Gasteiger charge is 2.50. The van der Waals surface area contributed by atoms with Crippen LogP contribution in [-0.4, -0.2) is 13.0 Å². The lowest BCUT2D eigenvalue weighted by molar-refractivity contribution is -0.121. The fourth-order valence-corrected chi connectivity index (χ4v) is 3.55. The number of hydrogen-bond acceptors (Lipinski definition) is 1. The van der Waals surface area contributed by atoms with Crippen molar-refractivity contribution in [2.24, 2.45) is 0 Å². The Morgan fingerprint density at radius 1 is 1.24 bits per heavy atom. The second-order valence-corrected chi connectivity index (χ2v) is 6.21. The maximum atomic E-state index is 13.0. The van der Waals surface area contributed by atoms with Crippen molar-refractivity contribution in [2.75, 3.05) is 11.9 Å². The third-order valence-electron chi connectivity index (χ3n) is 4.17. The molecule has 2 nitrogen and oxygen atoms in total. The Kier molecular flexibility index (Phi) is 3.46. The number of allylic oxidation sites excluding steroid dienone is 1. The van der Waals surface area contributed by atoms with Crippen LogP contribution in [0.1, 0.15) is 17.5 Å². The quantitative estimate of drug-likeness (QED) is 0.762. The Labute approximate surface area is 133 Å². The maximum absolute atomic E-state index is 13.0. The first kappa shape index (κ1) is 14.1. The summed E-state index contributed by atoms with van der Waals surface area (Å²) in [4.78, 5) is 14.8. The second kappa shape index (κ2) is 5.15. The molecule has 2 aromatic carbocycles. The van der Waals surface area contributed by atoms with E-state index in [9.17, 15) is 4.79 Å². The Morgan fingerprint density at radius 2 is 1.95 bits per heavy atom. The minimum atomic E-state index is -0.670. The van der Waals surface area contributed by atoms with Crippen molar-refractivity contribution >= 4 is 27.5 Å². The molecule has 1 amide bonds. The normalized spacial score (nSPS) is 20.5. The second-order valence-electron chi connectivity index (χ2n) is 5.29. The zero-order chi connectivity index (χ0) is 15.0. The molecule has 21 heavy (non-hydrogen) atoms. The SMILES string of the molecule is C=CCC1(c2ccccc2)C(=O)N(C)c2ccc(Br)cc21. The van der Waals surface area contributed by atoms with Crippen LogP contribution in [0.2, 0.25) is 0 Å². The highest BCUT2D eigenvalue weighted by molar-refractivity contribution is 9.10. The van der Waals surface area contributed by atoms with Crippen LogP contribution in [0, 0.1) is 0 Å². The van der Waals surface area contributed by atoms with E-state index in [1.54, 1.807) is 4.90 Å². The van der Waals surface area contributed by atoms with Crippen molar-refractivity contribution in [3.63, 3.8) is 0 Å². The molecule has 0 saturated heterocycles. The average molecular weight is 342 g/mol. The molecule has 3 heteroatoms. The lowest BCUT2D eigenvalue weighted by Crippen LogP contribution is -2.39. The van der Waals surface area contributed by atoms with Gasteiger partial charge in [0.2, 0.25) is 5.91 Å². The summed E-state index contributed by atoms with van der Waals surface area (Å²) in [6.07, 6.45) is 2.42. The van der Waals surface area contributed by atoms with E-state index in [0.717, 1.165) is 21.3 Å². The van der Waals surface area contributed by atoms with Crippen LogP contribution in [0.5, 0.6) is 0 Å². The minimum Gasteiger partial charge on any atom is -0.314 e. The third-order valence-corrected chi connectivity index (χ3v) is 4.66. The zero-order valence-electron chi connectivity index (χ0n) is 11.8. The molecule has 106 valence electrons. The Morgan fingerprint density at radius 3 is 2.62 bits per heavy atom. The number of carbonyl (C=O) groups is 1. The van der Waals surface area contributed by atoms with E-state index < -0.39 is 5.41 Å². The van der Waals surface area contributed by atoms with Crippen molar-refractivity contribution in [1.82, 2.24) is 0 Å². The van der Waals surface area contributed by atoms with E-state index in [2.05, 4.69) is 22.5 Å². The molecule has 0 N–H and O–H groups in total. The van der Waals surface area contributed by atoms with Crippen LogP contribution in [0.15, 0.2) is 65.7 Å². The van der Waals surface area contributed by atoms with Crippen molar-refractivity contribution < 1.29 is 4.79 Å². The lowest BCUT2D eigenvalue weighted by atomic mass is 9.73. The van der Waals surface area contributed by atoms with Gasteiger partial charge < -0.3 is 4.90 Å². The number of benzene rings is 2. The van der Waals surface area contributed by atoms with Gasteiger partial charge >= 0.3 is 0 Å². The van der Waals surface area contributed by atoms with Gasteiger partial charge in [-0.1, -0.05) is 52.3 Å². The van der Waals surface area contributed by atoms with Crippen LogP contribution in [-0.2, 0) is 10.2 Å². The van der Waals surface area contributed by atoms with Crippen LogP contribution in [0.25, 0.3) is 0 Å². The van der Waals surface area contributed by atoms with Crippen LogP contribution >= 0.6 is 15.9 Å². The van der Waals surface area contributed by atoms with E-state index >= 15 is 0 Å². The van der Waals surface area contributed by atoms with Gasteiger partial charge in [0.05, 0.1) is 0 Å². The first-order valence-electron chi connectivity index (χ1n) is 6.86. The molecule has 0 saturated carbocycles. The number of rotatable bonds is 3. The number of nitrogens with zero attached hydrogens (tertiary/aromatic N) is 1. The number of halogens is 1. The molecule has 0 radical (unpaired) electrons. The smallest absolute Gasteiger partial charge is 0.242 e. The maximum Gasteiger partial charge on any atom is 0.242 e. The molecule has 3 rings (SSSR count). The third kappa shape index (κ3) is 1.95. The molecule has 1 unspecified atom stereocenters. The van der Waals surface area contributed by atoms with E-state index in [1.807, 2.05) is 61.7 Å². The highest BCUT2D eigenvalue weighted by atomic mass is 79.9. The minimum absolute atomic E-state index is 0.0988. The molecule has 0 bridgehead atoms. The van der Waals surface area contributed by atoms with Gasteiger partial charge in [-0.15, -0.1) is 6.58 Å². The van der Waals surface area contributed by atoms with Crippen molar-refractivity contribution in [1.29, 1.82) is 0 Å². The molecular weight excluding hydrogens is 326 g/mol. The van der Waals surface area contributed by atoms with Crippen LogP contribution < -0.4 is 4.90 Å². The van der Waals surface area contributed by atoms with E-state index in [-0.39, 0.29) is 5.91 Å². The monoisotopic (exact) mass is 341 g/mol. The number of likely N-dealkylation sites (N-methyl/N-ethyl adjacent to an activating group) is 1. The predicted octanol–water partition coefficient (Wildman–Crippen LogP) is 4.29. The lowest BCUT2D eigenvalue weighted by Gasteiger charge is -2.27. The molecule has 0 spiro atoms. The summed E-state index contributed by atoms with van der Waals surface area (Å²) in [5, 5.41) is 0. The van der Waals surface area contributed by atoms with Crippen LogP contribution in [0.3, 0.4) is 0 Å². The van der Waals surface area contributed by atoms with Gasteiger partial charge in [-0.05, 0) is 35.7 Å². The summed E-state index contributed by atoms with van der Waals surface area (Å²) in [6.45, 7) is 3.87. The Balaban J connectivity index is 2.33. The number of carbonyl (C=O) groups excluding carboxylic acids is 1. The average Bonchev–Trinajstić information content (AvgIpc) is 2.71. The first-order valence-corrected chi connectivity index (χ1v) is 7.65. The van der Waals surface area contributed by atoms with Crippen molar-refractivity contribution in [2.45, 2.75) is 11.8 Å². The molecule has 0 aromatic heterocycles. The van der Waals surface area contributed by atoms with Crippen LogP contribution in [0.4, 0.5) is 5.69 Å². The molecule has 0 aliphatic carbocycles. The number of hydrogen-bond donors (Lipinski definition) is 0. The van der Waals surface area contributed by atoms with E-state index in [4.69, 9.17) is 0 Å². The summed E-state index contributed by atoms with van der Waals surface area (Å²) >= 11 is 3.52. The molecule has 1 heterocycles. The van der Waals surface area contributed by atoms with E-state index in [1.165, 1.54) is 0 Å². The Bertz CT molecular complexity index is 710. The summed E-state index contributed by atoms with van der Waals surface area (Å²) in [7, 11) is 1.84. The number of anilines is 1. The molecular formula is C18H16BrNO. The molecule has 0 fully saturated rings. The number of amides is 1. The van der Waals surface area contributed by atoms with Crippen molar-refractivity contribution in [3.8, 4) is 0 Å². The fraction of sp³-hybridized carbons (Fsp3) is 0.167. The molecule has 2 aromatic rings. The Hall–Kier alpha value is -1.87.